The molecule has 2 aromatic rings. The molecule has 1 aliphatic rings. The lowest BCUT2D eigenvalue weighted by Gasteiger charge is -2.17. The third-order valence-corrected chi connectivity index (χ3v) is 3.96. The second-order valence-corrected chi connectivity index (χ2v) is 5.34. The van der Waals surface area contributed by atoms with Gasteiger partial charge in [-0.3, -0.25) is 14.5 Å². The van der Waals surface area contributed by atoms with Crippen LogP contribution in [0.3, 0.4) is 0 Å². The molecule has 0 fully saturated rings. The minimum absolute atomic E-state index is 0.353. The average molecular weight is 272 g/mol. The number of ketones is 1. The quantitative estimate of drug-likeness (QED) is 0.789. The van der Waals surface area contributed by atoms with E-state index >= 15 is 0 Å². The highest BCUT2D eigenvalue weighted by Gasteiger charge is 2.38. The Morgan fingerprint density at radius 1 is 1.21 bits per heavy atom. The molecule has 1 aliphatic heterocycles. The molecule has 0 N–H and O–H groups in total. The van der Waals surface area contributed by atoms with Crippen LogP contribution in [-0.4, -0.2) is 16.7 Å². The normalized spacial score (nSPS) is 14.1. The summed E-state index contributed by atoms with van der Waals surface area (Å²) in [7, 11) is 0. The lowest BCUT2D eigenvalue weighted by molar-refractivity contribution is -0.114. The molecule has 1 aromatic heterocycles. The number of thiazole rings is 1. The van der Waals surface area contributed by atoms with E-state index in [1.54, 1.807) is 5.51 Å². The van der Waals surface area contributed by atoms with E-state index in [9.17, 15) is 9.59 Å². The van der Waals surface area contributed by atoms with E-state index in [4.69, 9.17) is 0 Å². The van der Waals surface area contributed by atoms with E-state index in [0.717, 1.165) is 22.5 Å². The van der Waals surface area contributed by atoms with E-state index < -0.39 is 11.7 Å². The molecule has 0 unspecified atom stereocenters. The lowest BCUT2D eigenvalue weighted by atomic mass is 10.0. The Hall–Kier alpha value is -2.01. The number of fused-ring (bicyclic) bond motifs is 1. The molecule has 0 saturated heterocycles. The van der Waals surface area contributed by atoms with Crippen LogP contribution in [0.25, 0.3) is 0 Å². The summed E-state index contributed by atoms with van der Waals surface area (Å²) in [5.41, 5.74) is 5.60. The van der Waals surface area contributed by atoms with E-state index in [1.807, 2.05) is 31.4 Å². The third kappa shape index (κ3) is 1.77. The maximum Gasteiger partial charge on any atom is 0.299 e. The van der Waals surface area contributed by atoms with Crippen LogP contribution in [0, 0.1) is 13.8 Å². The highest BCUT2D eigenvalue weighted by molar-refractivity contribution is 7.07. The van der Waals surface area contributed by atoms with Crippen molar-refractivity contribution in [2.45, 2.75) is 20.4 Å². The summed E-state index contributed by atoms with van der Waals surface area (Å²) in [5, 5.41) is 1.89. The first-order chi connectivity index (χ1) is 9.09. The van der Waals surface area contributed by atoms with Crippen molar-refractivity contribution < 1.29 is 9.59 Å². The zero-order chi connectivity index (χ0) is 13.6. The maximum absolute atomic E-state index is 12.1. The van der Waals surface area contributed by atoms with Crippen LogP contribution in [-0.2, 0) is 11.3 Å². The van der Waals surface area contributed by atoms with Crippen molar-refractivity contribution in [1.82, 2.24) is 4.98 Å². The van der Waals surface area contributed by atoms with Gasteiger partial charge in [0.15, 0.2) is 0 Å². The smallest absolute Gasteiger partial charge is 0.298 e. The van der Waals surface area contributed by atoms with Crippen molar-refractivity contribution in [2.24, 2.45) is 0 Å². The molecule has 19 heavy (non-hydrogen) atoms. The number of hydrogen-bond acceptors (Lipinski definition) is 4. The molecule has 3 rings (SSSR count). The first-order valence-electron chi connectivity index (χ1n) is 5.93. The molecule has 4 nitrogen and oxygen atoms in total. The van der Waals surface area contributed by atoms with Crippen molar-refractivity contribution in [3.63, 3.8) is 0 Å². The van der Waals surface area contributed by atoms with Crippen molar-refractivity contribution >= 4 is 28.7 Å². The van der Waals surface area contributed by atoms with Crippen molar-refractivity contribution in [3.8, 4) is 0 Å². The zero-order valence-corrected chi connectivity index (χ0v) is 11.5. The molecule has 96 valence electrons. The molecular weight excluding hydrogens is 260 g/mol. The van der Waals surface area contributed by atoms with Gasteiger partial charge in [0.05, 0.1) is 29.0 Å². The van der Waals surface area contributed by atoms with Crippen LogP contribution in [0.15, 0.2) is 23.0 Å². The summed E-state index contributed by atoms with van der Waals surface area (Å²) in [6, 6.07) is 3.82. The Balaban J connectivity index is 2.12. The van der Waals surface area contributed by atoms with Crippen LogP contribution in [0.5, 0.6) is 0 Å². The Labute approximate surface area is 114 Å². The number of anilines is 1. The van der Waals surface area contributed by atoms with E-state index in [2.05, 4.69) is 4.98 Å². The van der Waals surface area contributed by atoms with E-state index in [0.29, 0.717) is 12.1 Å². The van der Waals surface area contributed by atoms with Gasteiger partial charge in [0.1, 0.15) is 0 Å². The number of amides is 1. The van der Waals surface area contributed by atoms with Crippen LogP contribution in [0.1, 0.15) is 27.2 Å². The molecule has 0 saturated carbocycles. The van der Waals surface area contributed by atoms with Crippen LogP contribution in [0.2, 0.25) is 0 Å². The molecule has 5 heteroatoms. The zero-order valence-electron chi connectivity index (χ0n) is 10.6. The molecule has 2 heterocycles. The highest BCUT2D eigenvalue weighted by atomic mass is 32.1. The van der Waals surface area contributed by atoms with Crippen molar-refractivity contribution in [1.29, 1.82) is 0 Å². The van der Waals surface area contributed by atoms with E-state index in [-0.39, 0.29) is 0 Å². The topological polar surface area (TPSA) is 50.3 Å². The van der Waals surface area contributed by atoms with Gasteiger partial charge in [-0.1, -0.05) is 12.1 Å². The fourth-order valence-electron chi connectivity index (χ4n) is 2.39. The summed E-state index contributed by atoms with van der Waals surface area (Å²) in [5.74, 6) is -0.869. The number of carbonyl (C=O) groups excluding carboxylic acids is 2. The predicted octanol–water partition coefficient (Wildman–Crippen LogP) is 2.49. The number of Topliss-reactive ketones (excluding diaryl/α,β-unsaturated/α-hetero) is 1. The van der Waals surface area contributed by atoms with Gasteiger partial charge in [0.2, 0.25) is 0 Å². The van der Waals surface area contributed by atoms with Gasteiger partial charge in [-0.2, -0.15) is 0 Å². The van der Waals surface area contributed by atoms with Crippen LogP contribution in [0.4, 0.5) is 5.69 Å². The molecule has 0 spiro atoms. The number of aryl methyl sites for hydroxylation is 2. The summed E-state index contributed by atoms with van der Waals surface area (Å²) < 4.78 is 0. The summed E-state index contributed by atoms with van der Waals surface area (Å²) in [6.07, 6.45) is 0. The second-order valence-electron chi connectivity index (χ2n) is 4.62. The van der Waals surface area contributed by atoms with Crippen molar-refractivity contribution in [3.05, 3.63) is 45.4 Å². The van der Waals surface area contributed by atoms with Gasteiger partial charge < -0.3 is 0 Å². The number of rotatable bonds is 2. The fraction of sp³-hybridized carbons (Fsp3) is 0.214. The molecule has 1 aromatic carbocycles. The van der Waals surface area contributed by atoms with Crippen LogP contribution >= 0.6 is 11.3 Å². The van der Waals surface area contributed by atoms with Gasteiger partial charge in [0.25, 0.3) is 11.7 Å². The predicted molar refractivity (Wildman–Crippen MR) is 73.6 cm³/mol. The Morgan fingerprint density at radius 3 is 2.63 bits per heavy atom. The number of carbonyl (C=O) groups is 2. The Bertz CT molecular complexity index is 677. The number of nitrogens with zero attached hydrogens (tertiary/aromatic N) is 2. The lowest BCUT2D eigenvalue weighted by Crippen LogP contribution is -2.29. The Kier molecular flexibility index (Phi) is 2.71. The average Bonchev–Trinajstić information content (AvgIpc) is 2.97. The first kappa shape index (κ1) is 12.0. The van der Waals surface area contributed by atoms with E-state index in [1.165, 1.54) is 16.2 Å². The van der Waals surface area contributed by atoms with Gasteiger partial charge in [0, 0.05) is 5.38 Å². The number of hydrogen-bond donors (Lipinski definition) is 0. The van der Waals surface area contributed by atoms with Gasteiger partial charge in [-0.05, 0) is 25.0 Å². The highest BCUT2D eigenvalue weighted by Crippen LogP contribution is 2.35. The fourth-order valence-corrected chi connectivity index (χ4v) is 2.94. The van der Waals surface area contributed by atoms with Gasteiger partial charge in [-0.25, -0.2) is 4.98 Å². The number of aromatic nitrogens is 1. The van der Waals surface area contributed by atoms with Crippen LogP contribution < -0.4 is 4.90 Å². The minimum atomic E-state index is -0.458. The monoisotopic (exact) mass is 272 g/mol. The summed E-state index contributed by atoms with van der Waals surface area (Å²) >= 11 is 1.48. The molecule has 1 amide bonds. The van der Waals surface area contributed by atoms with Gasteiger partial charge >= 0.3 is 0 Å². The minimum Gasteiger partial charge on any atom is -0.298 e. The van der Waals surface area contributed by atoms with Crippen molar-refractivity contribution in [2.75, 3.05) is 4.90 Å². The summed E-state index contributed by atoms with van der Waals surface area (Å²) in [4.78, 5) is 30.0. The third-order valence-electron chi connectivity index (χ3n) is 3.33. The summed E-state index contributed by atoms with van der Waals surface area (Å²) in [6.45, 7) is 4.12. The largest absolute Gasteiger partial charge is 0.299 e. The molecular formula is C14H12N2O2S. The standard InChI is InChI=1S/C14H12N2O2S/c1-8-3-4-9(2)12-11(8)13(17)14(18)16(12)5-10-6-19-7-15-10/h3-4,6-7H,5H2,1-2H3. The maximum atomic E-state index is 12.1. The SMILES string of the molecule is Cc1ccc(C)c2c1C(=O)C(=O)N2Cc1cscn1. The van der Waals surface area contributed by atoms with Gasteiger partial charge in [-0.15, -0.1) is 11.3 Å². The molecule has 0 radical (unpaired) electrons. The molecule has 0 bridgehead atoms. The Morgan fingerprint density at radius 2 is 1.95 bits per heavy atom. The number of benzene rings is 1. The second kappa shape index (κ2) is 4.28. The molecule has 0 atom stereocenters. The first-order valence-corrected chi connectivity index (χ1v) is 6.87. The molecule has 0 aliphatic carbocycles.